The van der Waals surface area contributed by atoms with Crippen LogP contribution < -0.4 is 15.6 Å². The molecule has 2 N–H and O–H groups in total. The molecular weight excluding hydrogens is 304 g/mol. The second-order valence-corrected chi connectivity index (χ2v) is 5.06. The number of carbonyl (C=O) groups is 2. The first-order valence-electron chi connectivity index (χ1n) is 7.67. The maximum atomic E-state index is 12.0. The van der Waals surface area contributed by atoms with E-state index in [1.165, 1.54) is 6.08 Å². The Morgan fingerprint density at radius 2 is 1.75 bits per heavy atom. The van der Waals surface area contributed by atoms with E-state index in [-0.39, 0.29) is 5.91 Å². The lowest BCUT2D eigenvalue weighted by Gasteiger charge is -2.08. The van der Waals surface area contributed by atoms with Crippen molar-refractivity contribution >= 4 is 17.9 Å². The monoisotopic (exact) mass is 324 g/mol. The third-order valence-corrected chi connectivity index (χ3v) is 3.32. The Hall–Kier alpha value is -3.08. The van der Waals surface area contributed by atoms with Crippen LogP contribution in [0.15, 0.2) is 54.6 Å². The standard InChI is InChI=1S/C19H20N2O3/c1-3-24-17-11-7-5-9-15(17)12-13-18(22)20-21-19(23)16-10-6-4-8-14(16)2/h4-13H,3H2,1-2H3,(H,20,22)(H,21,23)/b13-12+. The van der Waals surface area contributed by atoms with Crippen molar-refractivity contribution in [1.82, 2.24) is 10.9 Å². The lowest BCUT2D eigenvalue weighted by molar-refractivity contribution is -0.117. The highest BCUT2D eigenvalue weighted by molar-refractivity contribution is 5.98. The molecule has 0 aromatic heterocycles. The topological polar surface area (TPSA) is 67.4 Å². The summed E-state index contributed by atoms with van der Waals surface area (Å²) in [6.45, 7) is 4.28. The number of hydrogen-bond acceptors (Lipinski definition) is 3. The van der Waals surface area contributed by atoms with Gasteiger partial charge in [-0.25, -0.2) is 0 Å². The quantitative estimate of drug-likeness (QED) is 0.656. The van der Waals surface area contributed by atoms with Crippen molar-refractivity contribution < 1.29 is 14.3 Å². The highest BCUT2D eigenvalue weighted by atomic mass is 16.5. The first-order chi connectivity index (χ1) is 11.6. The van der Waals surface area contributed by atoms with Gasteiger partial charge in [0.2, 0.25) is 0 Å². The van der Waals surface area contributed by atoms with Crippen LogP contribution in [0, 0.1) is 6.92 Å². The second-order valence-electron chi connectivity index (χ2n) is 5.06. The molecule has 0 unspecified atom stereocenters. The maximum Gasteiger partial charge on any atom is 0.269 e. The van der Waals surface area contributed by atoms with Crippen LogP contribution in [0.3, 0.4) is 0 Å². The summed E-state index contributed by atoms with van der Waals surface area (Å²) in [5, 5.41) is 0. The molecule has 124 valence electrons. The number of hydrazine groups is 1. The molecule has 0 aliphatic carbocycles. The predicted molar refractivity (Wildman–Crippen MR) is 93.4 cm³/mol. The fourth-order valence-corrected chi connectivity index (χ4v) is 2.13. The minimum absolute atomic E-state index is 0.357. The smallest absolute Gasteiger partial charge is 0.269 e. The average molecular weight is 324 g/mol. The van der Waals surface area contributed by atoms with Gasteiger partial charge in [-0.1, -0.05) is 36.4 Å². The minimum Gasteiger partial charge on any atom is -0.493 e. The van der Waals surface area contributed by atoms with Crippen LogP contribution >= 0.6 is 0 Å². The Morgan fingerprint density at radius 3 is 2.50 bits per heavy atom. The van der Waals surface area contributed by atoms with Gasteiger partial charge in [0.25, 0.3) is 11.8 Å². The van der Waals surface area contributed by atoms with Gasteiger partial charge in [-0.2, -0.15) is 0 Å². The normalized spacial score (nSPS) is 10.4. The van der Waals surface area contributed by atoms with E-state index in [2.05, 4.69) is 10.9 Å². The van der Waals surface area contributed by atoms with E-state index in [1.54, 1.807) is 18.2 Å². The molecule has 0 heterocycles. The second kappa shape index (κ2) is 8.53. The molecular formula is C19H20N2O3. The predicted octanol–water partition coefficient (Wildman–Crippen LogP) is 2.87. The lowest BCUT2D eigenvalue weighted by atomic mass is 10.1. The molecule has 5 nitrogen and oxygen atoms in total. The summed E-state index contributed by atoms with van der Waals surface area (Å²) in [6, 6.07) is 14.6. The SMILES string of the molecule is CCOc1ccccc1/C=C/C(=O)NNC(=O)c1ccccc1C. The number of aryl methyl sites for hydroxylation is 1. The van der Waals surface area contributed by atoms with E-state index in [4.69, 9.17) is 4.74 Å². The van der Waals surface area contributed by atoms with E-state index in [0.717, 1.165) is 11.1 Å². The first kappa shape index (κ1) is 17.3. The largest absolute Gasteiger partial charge is 0.493 e. The molecule has 24 heavy (non-hydrogen) atoms. The van der Waals surface area contributed by atoms with Gasteiger partial charge in [-0.05, 0) is 37.6 Å². The zero-order chi connectivity index (χ0) is 17.4. The summed E-state index contributed by atoms with van der Waals surface area (Å²) in [5.41, 5.74) is 6.91. The number of amides is 2. The number of para-hydroxylation sites is 1. The molecule has 2 rings (SSSR count). The minimum atomic E-state index is -0.428. The van der Waals surface area contributed by atoms with E-state index < -0.39 is 5.91 Å². The maximum absolute atomic E-state index is 12.0. The van der Waals surface area contributed by atoms with E-state index >= 15 is 0 Å². The molecule has 0 saturated heterocycles. The van der Waals surface area contributed by atoms with Crippen molar-refractivity contribution in [2.24, 2.45) is 0 Å². The molecule has 2 aromatic rings. The van der Waals surface area contributed by atoms with Crippen molar-refractivity contribution in [2.75, 3.05) is 6.61 Å². The average Bonchev–Trinajstić information content (AvgIpc) is 2.59. The Kier molecular flexibility index (Phi) is 6.14. The fraction of sp³-hybridized carbons (Fsp3) is 0.158. The molecule has 2 aromatic carbocycles. The van der Waals surface area contributed by atoms with Crippen molar-refractivity contribution in [1.29, 1.82) is 0 Å². The molecule has 0 bridgehead atoms. The third-order valence-electron chi connectivity index (χ3n) is 3.32. The first-order valence-corrected chi connectivity index (χ1v) is 7.67. The fourth-order valence-electron chi connectivity index (χ4n) is 2.13. The van der Waals surface area contributed by atoms with Crippen LogP contribution in [0.5, 0.6) is 5.75 Å². The van der Waals surface area contributed by atoms with Gasteiger partial charge in [-0.3, -0.25) is 20.4 Å². The van der Waals surface area contributed by atoms with Crippen LogP contribution in [-0.4, -0.2) is 18.4 Å². The Balaban J connectivity index is 1.94. The summed E-state index contributed by atoms with van der Waals surface area (Å²) in [4.78, 5) is 23.9. The van der Waals surface area contributed by atoms with Crippen LogP contribution in [-0.2, 0) is 4.79 Å². The van der Waals surface area contributed by atoms with Gasteiger partial charge in [0.15, 0.2) is 0 Å². The van der Waals surface area contributed by atoms with Gasteiger partial charge in [-0.15, -0.1) is 0 Å². The summed E-state index contributed by atoms with van der Waals surface area (Å²) >= 11 is 0. The molecule has 5 heteroatoms. The van der Waals surface area contributed by atoms with E-state index in [0.29, 0.717) is 17.9 Å². The third kappa shape index (κ3) is 4.71. The van der Waals surface area contributed by atoms with E-state index in [9.17, 15) is 9.59 Å². The van der Waals surface area contributed by atoms with Gasteiger partial charge < -0.3 is 4.74 Å². The number of ether oxygens (including phenoxy) is 1. The van der Waals surface area contributed by atoms with Gasteiger partial charge in [0.05, 0.1) is 6.61 Å². The highest BCUT2D eigenvalue weighted by Gasteiger charge is 2.08. The van der Waals surface area contributed by atoms with Crippen LogP contribution in [0.4, 0.5) is 0 Å². The number of carbonyl (C=O) groups excluding carboxylic acids is 2. The number of benzene rings is 2. The number of nitrogens with one attached hydrogen (secondary N) is 2. The molecule has 0 aliphatic rings. The van der Waals surface area contributed by atoms with Crippen molar-refractivity contribution in [2.45, 2.75) is 13.8 Å². The van der Waals surface area contributed by atoms with E-state index in [1.807, 2.05) is 50.2 Å². The Labute approximate surface area is 141 Å². The molecule has 2 amide bonds. The lowest BCUT2D eigenvalue weighted by Crippen LogP contribution is -2.41. The zero-order valence-corrected chi connectivity index (χ0v) is 13.7. The molecule has 0 spiro atoms. The Bertz CT molecular complexity index is 754. The van der Waals surface area contributed by atoms with Crippen LogP contribution in [0.25, 0.3) is 6.08 Å². The molecule has 0 saturated carbocycles. The van der Waals surface area contributed by atoms with Crippen molar-refractivity contribution in [3.05, 3.63) is 71.3 Å². The summed E-state index contributed by atoms with van der Waals surface area (Å²) in [5.74, 6) is -0.0826. The number of rotatable bonds is 5. The molecule has 0 atom stereocenters. The zero-order valence-electron chi connectivity index (χ0n) is 13.7. The van der Waals surface area contributed by atoms with Crippen molar-refractivity contribution in [3.8, 4) is 5.75 Å². The Morgan fingerprint density at radius 1 is 1.04 bits per heavy atom. The highest BCUT2D eigenvalue weighted by Crippen LogP contribution is 2.19. The van der Waals surface area contributed by atoms with Crippen molar-refractivity contribution in [3.63, 3.8) is 0 Å². The summed E-state index contributed by atoms with van der Waals surface area (Å²) in [6.07, 6.45) is 2.98. The van der Waals surface area contributed by atoms with Gasteiger partial charge in [0, 0.05) is 17.2 Å². The summed E-state index contributed by atoms with van der Waals surface area (Å²) < 4.78 is 5.49. The molecule has 0 fully saturated rings. The van der Waals surface area contributed by atoms with Gasteiger partial charge >= 0.3 is 0 Å². The van der Waals surface area contributed by atoms with Gasteiger partial charge in [0.1, 0.15) is 5.75 Å². The molecule has 0 radical (unpaired) electrons. The number of hydrogen-bond donors (Lipinski definition) is 2. The van der Waals surface area contributed by atoms with Crippen LogP contribution in [0.1, 0.15) is 28.4 Å². The summed E-state index contributed by atoms with van der Waals surface area (Å²) in [7, 11) is 0. The van der Waals surface area contributed by atoms with Crippen LogP contribution in [0.2, 0.25) is 0 Å². The molecule has 0 aliphatic heterocycles.